The van der Waals surface area contributed by atoms with Crippen molar-refractivity contribution >= 4 is 9.73 Å². The highest BCUT2D eigenvalue weighted by molar-refractivity contribution is 7.94. The van der Waals surface area contributed by atoms with Gasteiger partial charge in [0.1, 0.15) is 0 Å². The molecule has 0 N–H and O–H groups in total. The SMILES string of the molecule is Cc1cc(C)c(C[C@H]2CCCN=[S@@]2(=O)c2ccccc2)c(C)c1. The smallest absolute Gasteiger partial charge is 0.0784 e. The lowest BCUT2D eigenvalue weighted by Crippen LogP contribution is -2.28. The van der Waals surface area contributed by atoms with Gasteiger partial charge in [0.2, 0.25) is 0 Å². The van der Waals surface area contributed by atoms with Gasteiger partial charge in [-0.3, -0.25) is 0 Å². The van der Waals surface area contributed by atoms with Crippen molar-refractivity contribution < 1.29 is 4.21 Å². The van der Waals surface area contributed by atoms with Crippen LogP contribution in [0.3, 0.4) is 0 Å². The van der Waals surface area contributed by atoms with Crippen molar-refractivity contribution in [1.82, 2.24) is 0 Å². The van der Waals surface area contributed by atoms with E-state index in [1.165, 1.54) is 22.3 Å². The van der Waals surface area contributed by atoms with E-state index in [0.29, 0.717) is 0 Å². The van der Waals surface area contributed by atoms with Gasteiger partial charge in [0.05, 0.1) is 15.0 Å². The fourth-order valence-corrected chi connectivity index (χ4v) is 6.21. The van der Waals surface area contributed by atoms with Crippen LogP contribution in [0, 0.1) is 20.8 Å². The number of hydrogen-bond acceptors (Lipinski definition) is 2. The predicted octanol–water partition coefficient (Wildman–Crippen LogP) is 4.84. The summed E-state index contributed by atoms with van der Waals surface area (Å²) in [7, 11) is -2.33. The predicted molar refractivity (Wildman–Crippen MR) is 97.5 cm³/mol. The summed E-state index contributed by atoms with van der Waals surface area (Å²) < 4.78 is 18.3. The molecule has 2 aromatic carbocycles. The second kappa shape index (κ2) is 6.48. The van der Waals surface area contributed by atoms with Crippen LogP contribution in [0.15, 0.2) is 51.7 Å². The van der Waals surface area contributed by atoms with E-state index < -0.39 is 9.73 Å². The fraction of sp³-hybridized carbons (Fsp3) is 0.400. The summed E-state index contributed by atoms with van der Waals surface area (Å²) in [5.41, 5.74) is 5.26. The highest BCUT2D eigenvalue weighted by Crippen LogP contribution is 2.30. The molecule has 0 spiro atoms. The van der Waals surface area contributed by atoms with Crippen LogP contribution in [0.25, 0.3) is 0 Å². The zero-order valence-electron chi connectivity index (χ0n) is 14.2. The standard InChI is InChI=1S/C20H25NOS/c1-15-12-16(2)20(17(3)13-15)14-19-10-7-11-21-23(19,22)18-8-5-4-6-9-18/h4-6,8-9,12-13,19H,7,10-11,14H2,1-3H3/t19-,23-/m1/s1. The molecule has 122 valence electrons. The van der Waals surface area contributed by atoms with Crippen LogP contribution in [-0.4, -0.2) is 16.0 Å². The van der Waals surface area contributed by atoms with Crippen molar-refractivity contribution in [3.8, 4) is 0 Å². The molecule has 23 heavy (non-hydrogen) atoms. The quantitative estimate of drug-likeness (QED) is 0.793. The van der Waals surface area contributed by atoms with E-state index in [2.05, 4.69) is 37.3 Å². The molecule has 0 bridgehead atoms. The van der Waals surface area contributed by atoms with Crippen LogP contribution in [0.2, 0.25) is 0 Å². The molecule has 0 aromatic heterocycles. The van der Waals surface area contributed by atoms with Gasteiger partial charge in [0.25, 0.3) is 0 Å². The first-order valence-electron chi connectivity index (χ1n) is 8.34. The fourth-order valence-electron chi connectivity index (χ4n) is 3.64. The first-order valence-corrected chi connectivity index (χ1v) is 9.92. The molecule has 0 fully saturated rings. The Morgan fingerprint density at radius 3 is 2.39 bits per heavy atom. The molecule has 0 aliphatic carbocycles. The van der Waals surface area contributed by atoms with Gasteiger partial charge in [-0.1, -0.05) is 35.9 Å². The van der Waals surface area contributed by atoms with Gasteiger partial charge in [-0.15, -0.1) is 0 Å². The maximum atomic E-state index is 13.7. The molecule has 2 nitrogen and oxygen atoms in total. The molecule has 1 aliphatic rings. The van der Waals surface area contributed by atoms with Crippen molar-refractivity contribution in [3.05, 3.63) is 64.7 Å². The van der Waals surface area contributed by atoms with E-state index in [0.717, 1.165) is 30.7 Å². The zero-order chi connectivity index (χ0) is 16.4. The first kappa shape index (κ1) is 16.3. The average molecular weight is 327 g/mol. The van der Waals surface area contributed by atoms with Gasteiger partial charge in [-0.25, -0.2) is 8.57 Å². The monoisotopic (exact) mass is 327 g/mol. The molecule has 1 heterocycles. The average Bonchev–Trinajstić information content (AvgIpc) is 2.53. The third-order valence-corrected chi connectivity index (χ3v) is 7.59. The van der Waals surface area contributed by atoms with Crippen molar-refractivity contribution in [2.75, 3.05) is 6.54 Å². The van der Waals surface area contributed by atoms with E-state index in [4.69, 9.17) is 0 Å². The summed E-state index contributed by atoms with van der Waals surface area (Å²) >= 11 is 0. The number of nitrogens with zero attached hydrogens (tertiary/aromatic N) is 1. The lowest BCUT2D eigenvalue weighted by Gasteiger charge is -2.27. The molecular formula is C20H25NOS. The van der Waals surface area contributed by atoms with Gasteiger partial charge in [-0.2, -0.15) is 0 Å². The Morgan fingerprint density at radius 1 is 1.09 bits per heavy atom. The zero-order valence-corrected chi connectivity index (χ0v) is 15.0. The van der Waals surface area contributed by atoms with E-state index in [-0.39, 0.29) is 5.25 Å². The molecule has 3 heteroatoms. The highest BCUT2D eigenvalue weighted by Gasteiger charge is 2.29. The Hall–Kier alpha value is -1.61. The van der Waals surface area contributed by atoms with Crippen LogP contribution in [0.5, 0.6) is 0 Å². The molecule has 3 rings (SSSR count). The number of benzene rings is 2. The van der Waals surface area contributed by atoms with Crippen LogP contribution < -0.4 is 0 Å². The minimum atomic E-state index is -2.33. The lowest BCUT2D eigenvalue weighted by atomic mass is 9.95. The first-order chi connectivity index (χ1) is 11.0. The second-order valence-corrected chi connectivity index (χ2v) is 9.11. The van der Waals surface area contributed by atoms with Gasteiger partial charge in [-0.05, 0) is 68.9 Å². The molecule has 0 unspecified atom stereocenters. The van der Waals surface area contributed by atoms with Crippen molar-refractivity contribution in [1.29, 1.82) is 0 Å². The molecule has 0 radical (unpaired) electrons. The van der Waals surface area contributed by atoms with Gasteiger partial charge in [0.15, 0.2) is 0 Å². The van der Waals surface area contributed by atoms with Crippen LogP contribution in [0.4, 0.5) is 0 Å². The minimum absolute atomic E-state index is 0.110. The Morgan fingerprint density at radius 2 is 1.74 bits per heavy atom. The molecule has 0 saturated heterocycles. The lowest BCUT2D eigenvalue weighted by molar-refractivity contribution is 0.610. The van der Waals surface area contributed by atoms with Crippen molar-refractivity contribution in [2.24, 2.45) is 4.36 Å². The summed E-state index contributed by atoms with van der Waals surface area (Å²) in [6.45, 7) is 7.18. The number of rotatable bonds is 3. The number of hydrogen-bond donors (Lipinski definition) is 0. The molecule has 2 atom stereocenters. The summed E-state index contributed by atoms with van der Waals surface area (Å²) in [6.07, 6.45) is 2.89. The van der Waals surface area contributed by atoms with E-state index in [1.54, 1.807) is 0 Å². The van der Waals surface area contributed by atoms with E-state index >= 15 is 0 Å². The van der Waals surface area contributed by atoms with Crippen LogP contribution >= 0.6 is 0 Å². The maximum absolute atomic E-state index is 13.7. The molecule has 0 amide bonds. The second-order valence-electron chi connectivity index (χ2n) is 6.58. The number of aryl methyl sites for hydroxylation is 3. The van der Waals surface area contributed by atoms with E-state index in [1.807, 2.05) is 30.3 Å². The summed E-state index contributed by atoms with van der Waals surface area (Å²) in [6, 6.07) is 14.3. The Balaban J connectivity index is 2.01. The molecular weight excluding hydrogens is 302 g/mol. The maximum Gasteiger partial charge on any atom is 0.0784 e. The van der Waals surface area contributed by atoms with Gasteiger partial charge >= 0.3 is 0 Å². The highest BCUT2D eigenvalue weighted by atomic mass is 32.2. The molecule has 0 saturated carbocycles. The Labute approximate surface area is 140 Å². The normalized spacial score (nSPS) is 24.2. The van der Waals surface area contributed by atoms with Crippen LogP contribution in [0.1, 0.15) is 35.1 Å². The van der Waals surface area contributed by atoms with Crippen molar-refractivity contribution in [2.45, 2.75) is 50.2 Å². The van der Waals surface area contributed by atoms with Crippen molar-refractivity contribution in [3.63, 3.8) is 0 Å². The van der Waals surface area contributed by atoms with Crippen LogP contribution in [-0.2, 0) is 16.1 Å². The largest absolute Gasteiger partial charge is 0.244 e. The third-order valence-electron chi connectivity index (χ3n) is 4.77. The summed E-state index contributed by atoms with van der Waals surface area (Å²) in [4.78, 5) is 0.895. The summed E-state index contributed by atoms with van der Waals surface area (Å²) in [5.74, 6) is 0. The van der Waals surface area contributed by atoms with Gasteiger partial charge in [0, 0.05) is 11.4 Å². The Kier molecular flexibility index (Phi) is 4.58. The summed E-state index contributed by atoms with van der Waals surface area (Å²) in [5, 5.41) is 0.110. The van der Waals surface area contributed by atoms with E-state index in [9.17, 15) is 4.21 Å². The molecule has 2 aromatic rings. The topological polar surface area (TPSA) is 29.4 Å². The third kappa shape index (κ3) is 3.20. The molecule has 1 aliphatic heterocycles. The van der Waals surface area contributed by atoms with Gasteiger partial charge < -0.3 is 0 Å². The Bertz CT molecular complexity index is 794. The minimum Gasteiger partial charge on any atom is -0.244 e.